The highest BCUT2D eigenvalue weighted by molar-refractivity contribution is 6.10. The predicted molar refractivity (Wildman–Crippen MR) is 103 cm³/mol. The van der Waals surface area contributed by atoms with E-state index in [0.717, 1.165) is 42.9 Å². The SMILES string of the molecule is C=C(C)C(/C=C\C)=N/C(=C/C)c1c(F)cccc1N1CCCCC1. The van der Waals surface area contributed by atoms with E-state index in [1.165, 1.54) is 12.5 Å². The number of allylic oxidation sites excluding steroid dienone is 4. The maximum Gasteiger partial charge on any atom is 0.134 e. The van der Waals surface area contributed by atoms with Crippen LogP contribution in [0.5, 0.6) is 0 Å². The highest BCUT2D eigenvalue weighted by Gasteiger charge is 2.19. The lowest BCUT2D eigenvalue weighted by atomic mass is 10.0. The Morgan fingerprint density at radius 3 is 2.50 bits per heavy atom. The van der Waals surface area contributed by atoms with Gasteiger partial charge in [-0.2, -0.15) is 0 Å². The third kappa shape index (κ3) is 4.22. The van der Waals surface area contributed by atoms with E-state index in [1.54, 1.807) is 6.07 Å². The number of hydrogen-bond acceptors (Lipinski definition) is 2. The largest absolute Gasteiger partial charge is 0.371 e. The molecule has 24 heavy (non-hydrogen) atoms. The first-order valence-corrected chi connectivity index (χ1v) is 8.66. The van der Waals surface area contributed by atoms with E-state index in [2.05, 4.69) is 11.5 Å². The summed E-state index contributed by atoms with van der Waals surface area (Å²) in [5, 5.41) is 0. The molecule has 0 saturated carbocycles. The Hall–Kier alpha value is -2.16. The van der Waals surface area contributed by atoms with Gasteiger partial charge in [0, 0.05) is 18.8 Å². The fourth-order valence-corrected chi connectivity index (χ4v) is 2.99. The number of halogens is 1. The van der Waals surface area contributed by atoms with E-state index in [1.807, 2.05) is 45.1 Å². The molecule has 2 rings (SSSR count). The van der Waals surface area contributed by atoms with Gasteiger partial charge in [-0.15, -0.1) is 0 Å². The van der Waals surface area contributed by atoms with Crippen molar-refractivity contribution in [3.63, 3.8) is 0 Å². The number of nitrogens with zero attached hydrogens (tertiary/aromatic N) is 2. The third-order valence-corrected chi connectivity index (χ3v) is 4.22. The minimum atomic E-state index is -0.225. The number of rotatable bonds is 5. The Bertz CT molecular complexity index is 677. The van der Waals surface area contributed by atoms with Crippen LogP contribution < -0.4 is 4.90 Å². The van der Waals surface area contributed by atoms with Gasteiger partial charge in [0.2, 0.25) is 0 Å². The van der Waals surface area contributed by atoms with E-state index in [9.17, 15) is 4.39 Å². The van der Waals surface area contributed by atoms with Crippen LogP contribution in [0.15, 0.2) is 53.6 Å². The van der Waals surface area contributed by atoms with Gasteiger partial charge >= 0.3 is 0 Å². The molecule has 1 aliphatic heterocycles. The van der Waals surface area contributed by atoms with E-state index >= 15 is 0 Å². The van der Waals surface area contributed by atoms with Crippen molar-refractivity contribution in [1.29, 1.82) is 0 Å². The zero-order chi connectivity index (χ0) is 17.5. The molecule has 2 nitrogen and oxygen atoms in total. The highest BCUT2D eigenvalue weighted by atomic mass is 19.1. The normalized spacial score (nSPS) is 16.8. The van der Waals surface area contributed by atoms with Crippen molar-refractivity contribution in [2.75, 3.05) is 18.0 Å². The lowest BCUT2D eigenvalue weighted by Crippen LogP contribution is -2.30. The summed E-state index contributed by atoms with van der Waals surface area (Å²) in [6, 6.07) is 5.29. The lowest BCUT2D eigenvalue weighted by Gasteiger charge is -2.31. The number of hydrogen-bond donors (Lipinski definition) is 0. The first-order valence-electron chi connectivity index (χ1n) is 8.66. The molecule has 1 aliphatic rings. The summed E-state index contributed by atoms with van der Waals surface area (Å²) in [6.45, 7) is 11.7. The van der Waals surface area contributed by atoms with Gasteiger partial charge in [-0.1, -0.05) is 24.8 Å². The zero-order valence-electron chi connectivity index (χ0n) is 15.0. The van der Waals surface area contributed by atoms with Crippen molar-refractivity contribution < 1.29 is 4.39 Å². The van der Waals surface area contributed by atoms with Crippen molar-refractivity contribution in [3.05, 3.63) is 60.0 Å². The van der Waals surface area contributed by atoms with Crippen LogP contribution in [0, 0.1) is 5.82 Å². The van der Waals surface area contributed by atoms with E-state index < -0.39 is 0 Å². The Balaban J connectivity index is 2.52. The van der Waals surface area contributed by atoms with Crippen molar-refractivity contribution in [2.24, 2.45) is 4.99 Å². The second kappa shape index (κ2) is 8.62. The number of aliphatic imine (C=N–C) groups is 1. The van der Waals surface area contributed by atoms with Crippen molar-refractivity contribution in [3.8, 4) is 0 Å². The Labute approximate surface area is 145 Å². The average Bonchev–Trinajstić information content (AvgIpc) is 2.59. The van der Waals surface area contributed by atoms with Crippen LogP contribution in [0.4, 0.5) is 10.1 Å². The second-order valence-corrected chi connectivity index (χ2v) is 6.13. The van der Waals surface area contributed by atoms with Gasteiger partial charge in [-0.3, -0.25) is 0 Å². The molecule has 0 spiro atoms. The minimum absolute atomic E-state index is 0.225. The van der Waals surface area contributed by atoms with Gasteiger partial charge in [-0.05, 0) is 63.8 Å². The molecule has 0 bridgehead atoms. The molecule has 0 aliphatic carbocycles. The summed E-state index contributed by atoms with van der Waals surface area (Å²) in [4.78, 5) is 6.97. The zero-order valence-corrected chi connectivity index (χ0v) is 15.0. The summed E-state index contributed by atoms with van der Waals surface area (Å²) < 4.78 is 14.7. The van der Waals surface area contributed by atoms with Crippen LogP contribution in [-0.4, -0.2) is 18.8 Å². The molecular formula is C21H27FN2. The monoisotopic (exact) mass is 326 g/mol. The summed E-state index contributed by atoms with van der Waals surface area (Å²) in [5.41, 5.74) is 3.82. The number of anilines is 1. The van der Waals surface area contributed by atoms with Crippen LogP contribution in [0.1, 0.15) is 45.6 Å². The first kappa shape index (κ1) is 18.2. The van der Waals surface area contributed by atoms with Gasteiger partial charge in [0.25, 0.3) is 0 Å². The first-order chi connectivity index (χ1) is 11.6. The summed E-state index contributed by atoms with van der Waals surface area (Å²) in [6.07, 6.45) is 9.26. The van der Waals surface area contributed by atoms with Crippen molar-refractivity contribution >= 4 is 17.1 Å². The fraction of sp³-hybridized carbons (Fsp3) is 0.381. The quantitative estimate of drug-likeness (QED) is 0.627. The maximum absolute atomic E-state index is 14.7. The van der Waals surface area contributed by atoms with Crippen LogP contribution in [0.25, 0.3) is 5.70 Å². The fourth-order valence-electron chi connectivity index (χ4n) is 2.99. The number of piperidine rings is 1. The summed E-state index contributed by atoms with van der Waals surface area (Å²) in [7, 11) is 0. The third-order valence-electron chi connectivity index (χ3n) is 4.22. The van der Waals surface area contributed by atoms with E-state index in [4.69, 9.17) is 4.99 Å². The standard InChI is InChI=1S/C21H27FN2/c1-5-11-19(16(3)4)23-18(6-2)21-17(22)12-10-13-20(21)24-14-8-7-9-15-24/h5-6,10-13H,3,7-9,14-15H2,1-2,4H3/b11-5-,18-6+,23-19+. The van der Waals surface area contributed by atoms with Crippen LogP contribution in [-0.2, 0) is 0 Å². The van der Waals surface area contributed by atoms with Gasteiger partial charge < -0.3 is 4.90 Å². The van der Waals surface area contributed by atoms with Crippen molar-refractivity contribution in [2.45, 2.75) is 40.0 Å². The Morgan fingerprint density at radius 2 is 1.92 bits per heavy atom. The second-order valence-electron chi connectivity index (χ2n) is 6.13. The molecule has 128 valence electrons. The van der Waals surface area contributed by atoms with Crippen molar-refractivity contribution in [1.82, 2.24) is 0 Å². The number of benzene rings is 1. The smallest absolute Gasteiger partial charge is 0.134 e. The predicted octanol–water partition coefficient (Wildman–Crippen LogP) is 5.77. The molecule has 1 saturated heterocycles. The molecule has 0 unspecified atom stereocenters. The summed E-state index contributed by atoms with van der Waals surface area (Å²) >= 11 is 0. The molecule has 1 aromatic rings. The molecule has 0 aromatic heterocycles. The van der Waals surface area contributed by atoms with Gasteiger partial charge in [0.05, 0.1) is 17.0 Å². The minimum Gasteiger partial charge on any atom is -0.371 e. The van der Waals surface area contributed by atoms with E-state index in [0.29, 0.717) is 11.3 Å². The lowest BCUT2D eigenvalue weighted by molar-refractivity contribution is 0.573. The molecule has 0 amide bonds. The average molecular weight is 326 g/mol. The topological polar surface area (TPSA) is 15.6 Å². The molecule has 0 atom stereocenters. The van der Waals surface area contributed by atoms with Gasteiger partial charge in [0.15, 0.2) is 0 Å². The molecule has 1 heterocycles. The Morgan fingerprint density at radius 1 is 1.21 bits per heavy atom. The molecular weight excluding hydrogens is 299 g/mol. The molecule has 1 aromatic carbocycles. The molecule has 0 N–H and O–H groups in total. The maximum atomic E-state index is 14.7. The van der Waals surface area contributed by atoms with E-state index in [-0.39, 0.29) is 5.82 Å². The van der Waals surface area contributed by atoms with Gasteiger partial charge in [0.1, 0.15) is 5.82 Å². The Kier molecular flexibility index (Phi) is 6.53. The molecule has 3 heteroatoms. The molecule has 1 fully saturated rings. The van der Waals surface area contributed by atoms with Gasteiger partial charge in [-0.25, -0.2) is 9.38 Å². The van der Waals surface area contributed by atoms with Crippen LogP contribution in [0.2, 0.25) is 0 Å². The van der Waals surface area contributed by atoms with Crippen LogP contribution in [0.3, 0.4) is 0 Å². The highest BCUT2D eigenvalue weighted by Crippen LogP contribution is 2.32. The molecule has 0 radical (unpaired) electrons. The van der Waals surface area contributed by atoms with Crippen LogP contribution >= 0.6 is 0 Å². The summed E-state index contributed by atoms with van der Waals surface area (Å²) in [5.74, 6) is -0.225.